The van der Waals surface area contributed by atoms with Gasteiger partial charge in [-0.2, -0.15) is 0 Å². The third kappa shape index (κ3) is 2.36. The number of nitrogens with two attached hydrogens (primary N) is 1. The van der Waals surface area contributed by atoms with E-state index in [1.165, 1.54) is 6.33 Å². The zero-order chi connectivity index (χ0) is 12.3. The van der Waals surface area contributed by atoms with E-state index in [1.807, 2.05) is 4.57 Å². The molecule has 0 aliphatic heterocycles. The van der Waals surface area contributed by atoms with Crippen LogP contribution >= 0.6 is 0 Å². The minimum atomic E-state index is 0.448. The molecule has 0 radical (unpaired) electrons. The molecule has 0 atom stereocenters. The van der Waals surface area contributed by atoms with Crippen LogP contribution in [0.4, 0.5) is 5.82 Å². The second-order valence-corrected chi connectivity index (χ2v) is 4.08. The molecular weight excluding hydrogens is 216 g/mol. The molecule has 0 amide bonds. The summed E-state index contributed by atoms with van der Waals surface area (Å²) < 4.78 is 2.04. The average Bonchev–Trinajstić information content (AvgIpc) is 2.75. The maximum Gasteiger partial charge on any atom is 0.165 e. The first-order valence-electron chi connectivity index (χ1n) is 6.01. The van der Waals surface area contributed by atoms with Crippen LogP contribution in [-0.2, 0) is 6.54 Å². The van der Waals surface area contributed by atoms with Crippen molar-refractivity contribution in [2.75, 3.05) is 25.4 Å². The standard InChI is InChI=1S/C11H18N6/c1-3-16(4-2)5-6-17-8-15-9-10(12)13-7-14-11(9)17/h7-8H,3-6H2,1-2H3,(H2,12,13,14)/p+1. The number of rotatable bonds is 5. The highest BCUT2D eigenvalue weighted by molar-refractivity contribution is 5.80. The van der Waals surface area contributed by atoms with E-state index in [-0.39, 0.29) is 0 Å². The summed E-state index contributed by atoms with van der Waals surface area (Å²) in [7, 11) is 0. The maximum absolute atomic E-state index is 5.75. The van der Waals surface area contributed by atoms with Gasteiger partial charge in [0.2, 0.25) is 0 Å². The predicted molar refractivity (Wildman–Crippen MR) is 66.6 cm³/mol. The van der Waals surface area contributed by atoms with Crippen molar-refractivity contribution in [3.63, 3.8) is 0 Å². The third-order valence-corrected chi connectivity index (χ3v) is 3.14. The van der Waals surface area contributed by atoms with Crippen LogP contribution in [0.1, 0.15) is 13.8 Å². The Morgan fingerprint density at radius 3 is 2.71 bits per heavy atom. The largest absolute Gasteiger partial charge is 0.382 e. The molecule has 0 spiro atoms. The van der Waals surface area contributed by atoms with Gasteiger partial charge in [-0.3, -0.25) is 0 Å². The summed E-state index contributed by atoms with van der Waals surface area (Å²) in [5.74, 6) is 0.448. The van der Waals surface area contributed by atoms with Gasteiger partial charge >= 0.3 is 0 Å². The summed E-state index contributed by atoms with van der Waals surface area (Å²) in [6, 6.07) is 0. The van der Waals surface area contributed by atoms with E-state index in [9.17, 15) is 0 Å². The Balaban J connectivity index is 2.17. The van der Waals surface area contributed by atoms with Gasteiger partial charge in [0.05, 0.1) is 32.5 Å². The minimum absolute atomic E-state index is 0.448. The van der Waals surface area contributed by atoms with Gasteiger partial charge < -0.3 is 15.2 Å². The number of nitrogens with zero attached hydrogens (tertiary/aromatic N) is 4. The molecule has 2 heterocycles. The maximum atomic E-state index is 5.75. The van der Waals surface area contributed by atoms with Crippen molar-refractivity contribution in [2.24, 2.45) is 0 Å². The van der Waals surface area contributed by atoms with Crippen LogP contribution in [0, 0.1) is 0 Å². The Morgan fingerprint density at radius 1 is 1.24 bits per heavy atom. The van der Waals surface area contributed by atoms with E-state index >= 15 is 0 Å². The minimum Gasteiger partial charge on any atom is -0.382 e. The van der Waals surface area contributed by atoms with Crippen LogP contribution in [0.2, 0.25) is 0 Å². The van der Waals surface area contributed by atoms with Crippen LogP contribution in [0.3, 0.4) is 0 Å². The van der Waals surface area contributed by atoms with Gasteiger partial charge in [-0.15, -0.1) is 0 Å². The molecule has 6 nitrogen and oxygen atoms in total. The molecule has 0 saturated heterocycles. The van der Waals surface area contributed by atoms with Crippen molar-refractivity contribution in [1.82, 2.24) is 19.5 Å². The molecule has 2 aromatic heterocycles. The number of fused-ring (bicyclic) bond motifs is 1. The zero-order valence-electron chi connectivity index (χ0n) is 10.3. The van der Waals surface area contributed by atoms with Gasteiger partial charge in [-0.1, -0.05) is 0 Å². The van der Waals surface area contributed by atoms with Gasteiger partial charge in [0.15, 0.2) is 11.5 Å². The Labute approximate surface area is 100 Å². The smallest absolute Gasteiger partial charge is 0.165 e. The van der Waals surface area contributed by atoms with Crippen LogP contribution < -0.4 is 10.6 Å². The fourth-order valence-electron chi connectivity index (χ4n) is 1.94. The van der Waals surface area contributed by atoms with E-state index in [2.05, 4.69) is 28.8 Å². The molecule has 6 heteroatoms. The number of nitrogens with one attached hydrogen (secondary N) is 1. The van der Waals surface area contributed by atoms with E-state index < -0.39 is 0 Å². The van der Waals surface area contributed by atoms with E-state index in [4.69, 9.17) is 5.73 Å². The normalized spacial score (nSPS) is 11.5. The van der Waals surface area contributed by atoms with Crippen molar-refractivity contribution >= 4 is 17.0 Å². The van der Waals surface area contributed by atoms with Gasteiger partial charge in [0, 0.05) is 0 Å². The van der Waals surface area contributed by atoms with Crippen LogP contribution in [-0.4, -0.2) is 39.2 Å². The number of hydrogen-bond donors (Lipinski definition) is 2. The lowest BCUT2D eigenvalue weighted by Gasteiger charge is -2.15. The van der Waals surface area contributed by atoms with Crippen LogP contribution in [0.5, 0.6) is 0 Å². The Kier molecular flexibility index (Phi) is 3.53. The highest BCUT2D eigenvalue weighted by atomic mass is 15.2. The van der Waals surface area contributed by atoms with Crippen molar-refractivity contribution < 1.29 is 4.90 Å². The van der Waals surface area contributed by atoms with Gasteiger partial charge in [0.25, 0.3) is 0 Å². The molecule has 0 fully saturated rings. The lowest BCUT2D eigenvalue weighted by Crippen LogP contribution is -3.11. The number of likely N-dealkylation sites (N-methyl/N-ethyl adjacent to an activating group) is 1. The molecular formula is C11H19N6+. The number of hydrogen-bond acceptors (Lipinski definition) is 4. The molecule has 0 aromatic carbocycles. The average molecular weight is 235 g/mol. The van der Waals surface area contributed by atoms with Crippen molar-refractivity contribution in [3.05, 3.63) is 12.7 Å². The van der Waals surface area contributed by atoms with E-state index in [1.54, 1.807) is 11.2 Å². The van der Waals surface area contributed by atoms with Crippen molar-refractivity contribution in [2.45, 2.75) is 20.4 Å². The zero-order valence-corrected chi connectivity index (χ0v) is 10.3. The number of aromatic nitrogens is 4. The summed E-state index contributed by atoms with van der Waals surface area (Å²) in [6.07, 6.45) is 3.28. The van der Waals surface area contributed by atoms with E-state index in [0.29, 0.717) is 11.3 Å². The first-order chi connectivity index (χ1) is 8.26. The van der Waals surface area contributed by atoms with Crippen molar-refractivity contribution in [3.8, 4) is 0 Å². The molecule has 0 bridgehead atoms. The van der Waals surface area contributed by atoms with E-state index in [0.717, 1.165) is 31.8 Å². The molecule has 3 N–H and O–H groups in total. The van der Waals surface area contributed by atoms with Gasteiger partial charge in [0.1, 0.15) is 11.8 Å². The lowest BCUT2D eigenvalue weighted by atomic mass is 10.4. The van der Waals surface area contributed by atoms with Crippen LogP contribution in [0.15, 0.2) is 12.7 Å². The second-order valence-electron chi connectivity index (χ2n) is 4.08. The quantitative estimate of drug-likeness (QED) is 0.721. The molecule has 92 valence electrons. The molecule has 17 heavy (non-hydrogen) atoms. The molecule has 0 aliphatic carbocycles. The summed E-state index contributed by atoms with van der Waals surface area (Å²) in [5, 5.41) is 0. The van der Waals surface area contributed by atoms with Gasteiger partial charge in [-0.05, 0) is 13.8 Å². The highest BCUT2D eigenvalue weighted by Crippen LogP contribution is 2.13. The number of quaternary nitrogens is 1. The molecule has 0 unspecified atom stereocenters. The summed E-state index contributed by atoms with van der Waals surface area (Å²) >= 11 is 0. The lowest BCUT2D eigenvalue weighted by molar-refractivity contribution is -0.897. The SMILES string of the molecule is CC[NH+](CC)CCn1cnc2c(N)ncnc21. The van der Waals surface area contributed by atoms with Gasteiger partial charge in [-0.25, -0.2) is 15.0 Å². The molecule has 2 aromatic rings. The molecule has 2 rings (SSSR count). The fraction of sp³-hybridized carbons (Fsp3) is 0.545. The van der Waals surface area contributed by atoms with Crippen molar-refractivity contribution in [1.29, 1.82) is 0 Å². The second kappa shape index (κ2) is 5.09. The molecule has 0 aliphatic rings. The number of anilines is 1. The first kappa shape index (κ1) is 11.8. The molecule has 0 saturated carbocycles. The highest BCUT2D eigenvalue weighted by Gasteiger charge is 2.09. The monoisotopic (exact) mass is 235 g/mol. The Bertz CT molecular complexity index is 488. The Morgan fingerprint density at radius 2 is 2.00 bits per heavy atom. The Hall–Kier alpha value is -1.69. The number of nitrogen functional groups attached to an aromatic ring is 1. The topological polar surface area (TPSA) is 74.1 Å². The third-order valence-electron chi connectivity index (χ3n) is 3.14. The summed E-state index contributed by atoms with van der Waals surface area (Å²) in [6.45, 7) is 8.66. The number of imidazole rings is 1. The summed E-state index contributed by atoms with van der Waals surface area (Å²) in [4.78, 5) is 14.0. The first-order valence-corrected chi connectivity index (χ1v) is 6.01. The summed E-state index contributed by atoms with van der Waals surface area (Å²) in [5.41, 5.74) is 7.27. The predicted octanol–water partition coefficient (Wildman–Crippen LogP) is -0.667. The fourth-order valence-corrected chi connectivity index (χ4v) is 1.94. The van der Waals surface area contributed by atoms with Crippen LogP contribution in [0.25, 0.3) is 11.2 Å².